The van der Waals surface area contributed by atoms with Crippen LogP contribution in [0.4, 0.5) is 0 Å². The van der Waals surface area contributed by atoms with Gasteiger partial charge in [0.05, 0.1) is 27.7 Å². The monoisotopic (exact) mass is 1260 g/mol. The number of rotatable bonds is 71. The second kappa shape index (κ2) is 69.1. The number of hydrogen-bond donors (Lipinski definition) is 1. The molecule has 0 aromatic rings. The lowest BCUT2D eigenvalue weighted by Crippen LogP contribution is -2.37. The second-order valence-corrected chi connectivity index (χ2v) is 28.5. The number of nitrogens with zero attached hydrogens (tertiary/aromatic N) is 1. The van der Waals surface area contributed by atoms with Gasteiger partial charge in [-0.25, -0.2) is 4.57 Å². The zero-order valence-electron chi connectivity index (χ0n) is 59.0. The van der Waals surface area contributed by atoms with Crippen molar-refractivity contribution in [1.29, 1.82) is 0 Å². The lowest BCUT2D eigenvalue weighted by Gasteiger charge is -2.24. The number of unbranched alkanes of at least 4 members (excludes halogenated alkanes) is 47. The van der Waals surface area contributed by atoms with Crippen LogP contribution in [0.1, 0.15) is 373 Å². The molecule has 0 aliphatic heterocycles. The van der Waals surface area contributed by atoms with Crippen molar-refractivity contribution >= 4 is 19.8 Å². The van der Waals surface area contributed by atoms with Gasteiger partial charge in [0.15, 0.2) is 6.10 Å². The maximum atomic E-state index is 12.9. The van der Waals surface area contributed by atoms with E-state index in [1.807, 2.05) is 21.1 Å². The molecule has 10 heteroatoms. The van der Waals surface area contributed by atoms with Gasteiger partial charge in [0.2, 0.25) is 0 Å². The van der Waals surface area contributed by atoms with Crippen molar-refractivity contribution in [3.05, 3.63) is 60.8 Å². The summed E-state index contributed by atoms with van der Waals surface area (Å²) in [6, 6.07) is 0. The summed E-state index contributed by atoms with van der Waals surface area (Å²) in [5, 5.41) is 0. The SMILES string of the molecule is CC/C=C\C/C=C\C/C=C\C/C=C\CCCCCCCCCCCCCCCCCCCCC(=O)OC(COC(=O)CCCCCCCCCCCCCCCCCCCCCCC/C=C\CCCCCCCCCC)COP(=O)(O)OCC[N+](C)(C)C. The number of ether oxygens (including phenoxy) is 2. The first-order chi connectivity index (χ1) is 43.0. The molecule has 516 valence electrons. The first-order valence-corrected chi connectivity index (χ1v) is 39.5. The third-order valence-corrected chi connectivity index (χ3v) is 18.0. The Balaban J connectivity index is 3.95. The molecule has 0 bridgehead atoms. The number of phosphoric ester groups is 1. The van der Waals surface area contributed by atoms with Crippen LogP contribution in [-0.2, 0) is 32.7 Å². The van der Waals surface area contributed by atoms with Crippen LogP contribution in [-0.4, -0.2) is 74.9 Å². The van der Waals surface area contributed by atoms with Gasteiger partial charge in [-0.3, -0.25) is 18.6 Å². The van der Waals surface area contributed by atoms with Crippen molar-refractivity contribution in [2.45, 2.75) is 380 Å². The Labute approximate surface area is 546 Å². The Morgan fingerprint density at radius 1 is 0.364 bits per heavy atom. The van der Waals surface area contributed by atoms with E-state index < -0.39 is 26.5 Å². The Morgan fingerprint density at radius 2 is 0.648 bits per heavy atom. The molecule has 0 saturated carbocycles. The highest BCUT2D eigenvalue weighted by atomic mass is 31.2. The predicted octanol–water partition coefficient (Wildman–Crippen LogP) is 24.9. The van der Waals surface area contributed by atoms with E-state index in [-0.39, 0.29) is 25.6 Å². The maximum absolute atomic E-state index is 12.9. The molecule has 0 fully saturated rings. The van der Waals surface area contributed by atoms with Crippen LogP contribution in [0.15, 0.2) is 60.8 Å². The van der Waals surface area contributed by atoms with Crippen molar-refractivity contribution in [3.63, 3.8) is 0 Å². The summed E-state index contributed by atoms with van der Waals surface area (Å²) in [4.78, 5) is 35.9. The van der Waals surface area contributed by atoms with Crippen molar-refractivity contribution in [3.8, 4) is 0 Å². The van der Waals surface area contributed by atoms with E-state index in [1.165, 1.54) is 283 Å². The average Bonchev–Trinajstić information content (AvgIpc) is 3.68. The first kappa shape index (κ1) is 85.7. The number of phosphoric acid groups is 1. The number of quaternary nitrogens is 1. The fourth-order valence-corrected chi connectivity index (χ4v) is 12.0. The minimum atomic E-state index is -4.39. The van der Waals surface area contributed by atoms with Gasteiger partial charge in [-0.1, -0.05) is 344 Å². The molecule has 2 unspecified atom stereocenters. The summed E-state index contributed by atoms with van der Waals surface area (Å²) >= 11 is 0. The molecule has 1 N–H and O–H groups in total. The number of allylic oxidation sites excluding steroid dienone is 10. The molecule has 0 amide bonds. The normalized spacial score (nSPS) is 13.4. The third kappa shape index (κ3) is 72.8. The van der Waals surface area contributed by atoms with E-state index in [0.29, 0.717) is 23.9 Å². The number of carbonyl (C=O) groups excluding carboxylic acids is 2. The molecule has 88 heavy (non-hydrogen) atoms. The van der Waals surface area contributed by atoms with Gasteiger partial charge in [-0.05, 0) is 77.0 Å². The van der Waals surface area contributed by atoms with Crippen LogP contribution in [0.2, 0.25) is 0 Å². The van der Waals surface area contributed by atoms with Crippen LogP contribution in [0.5, 0.6) is 0 Å². The highest BCUT2D eigenvalue weighted by Gasteiger charge is 2.27. The van der Waals surface area contributed by atoms with E-state index >= 15 is 0 Å². The van der Waals surface area contributed by atoms with Gasteiger partial charge < -0.3 is 18.9 Å². The van der Waals surface area contributed by atoms with E-state index in [0.717, 1.165) is 57.8 Å². The van der Waals surface area contributed by atoms with E-state index in [4.69, 9.17) is 18.5 Å². The molecule has 0 spiro atoms. The molecular weight excluding hydrogens is 1110 g/mol. The molecule has 0 heterocycles. The number of hydrogen-bond acceptors (Lipinski definition) is 7. The number of esters is 2. The molecule has 0 aromatic heterocycles. The number of likely N-dealkylation sites (N-methyl/N-ethyl adjacent to an activating group) is 1. The third-order valence-electron chi connectivity index (χ3n) is 17.0. The zero-order chi connectivity index (χ0) is 64.1. The van der Waals surface area contributed by atoms with Crippen LogP contribution in [0, 0.1) is 0 Å². The van der Waals surface area contributed by atoms with E-state index in [9.17, 15) is 19.0 Å². The lowest BCUT2D eigenvalue weighted by atomic mass is 10.0. The summed E-state index contributed by atoms with van der Waals surface area (Å²) in [6.45, 7) is 4.39. The Morgan fingerprint density at radius 3 is 0.977 bits per heavy atom. The summed E-state index contributed by atoms with van der Waals surface area (Å²) in [7, 11) is 1.49. The molecule has 0 rings (SSSR count). The molecule has 0 aliphatic carbocycles. The standard InChI is InChI=1S/C78H146NO8P/c1-6-8-10-12-14-16-18-20-22-24-26-28-30-32-34-36-38-39-41-42-44-46-48-50-52-54-56-58-60-62-64-66-68-70-77(80)84-74-76(75-86-88(82,83)85-73-72-79(3,4)5)87-78(81)71-69-67-65-63-61-59-57-55-53-51-49-47-45-43-40-37-35-33-31-29-27-25-23-21-19-17-15-13-11-9-7-2/h9,11,15,17,21,23-24,26-27,29,76H,6-8,10,12-14,16,18-20,22,25,28,30-75H2,1-5H3/p+1/b11-9-,17-15-,23-21-,26-24-,29-27-. The first-order valence-electron chi connectivity index (χ1n) is 38.0. The summed E-state index contributed by atoms with van der Waals surface area (Å²) in [6.07, 6.45) is 92.1. The minimum absolute atomic E-state index is 0.0334. The van der Waals surface area contributed by atoms with Crippen molar-refractivity contribution in [1.82, 2.24) is 0 Å². The predicted molar refractivity (Wildman–Crippen MR) is 381 cm³/mol. The number of carbonyl (C=O) groups is 2. The molecule has 2 atom stereocenters. The zero-order valence-corrected chi connectivity index (χ0v) is 59.9. The van der Waals surface area contributed by atoms with Crippen LogP contribution >= 0.6 is 7.82 Å². The van der Waals surface area contributed by atoms with Gasteiger partial charge in [-0.2, -0.15) is 0 Å². The van der Waals surface area contributed by atoms with Crippen LogP contribution < -0.4 is 0 Å². The molecule has 0 saturated heterocycles. The van der Waals surface area contributed by atoms with E-state index in [2.05, 4.69) is 74.6 Å². The van der Waals surface area contributed by atoms with Gasteiger partial charge >= 0.3 is 19.8 Å². The van der Waals surface area contributed by atoms with Crippen LogP contribution in [0.25, 0.3) is 0 Å². The molecule has 0 radical (unpaired) electrons. The minimum Gasteiger partial charge on any atom is -0.462 e. The molecule has 9 nitrogen and oxygen atoms in total. The fourth-order valence-electron chi connectivity index (χ4n) is 11.2. The summed E-state index contributed by atoms with van der Waals surface area (Å²) in [5.74, 6) is -0.777. The Bertz CT molecular complexity index is 1670. The largest absolute Gasteiger partial charge is 0.472 e. The highest BCUT2D eigenvalue weighted by Crippen LogP contribution is 2.43. The van der Waals surface area contributed by atoms with Gasteiger partial charge in [-0.15, -0.1) is 0 Å². The molecular formula is C78H147NO8P+. The quantitative estimate of drug-likeness (QED) is 0.0211. The fraction of sp³-hybridized carbons (Fsp3) is 0.846. The lowest BCUT2D eigenvalue weighted by molar-refractivity contribution is -0.870. The van der Waals surface area contributed by atoms with Gasteiger partial charge in [0.25, 0.3) is 0 Å². The van der Waals surface area contributed by atoms with Crippen LogP contribution in [0.3, 0.4) is 0 Å². The van der Waals surface area contributed by atoms with Crippen molar-refractivity contribution < 1.29 is 42.1 Å². The van der Waals surface area contributed by atoms with Gasteiger partial charge in [0.1, 0.15) is 19.8 Å². The average molecular weight is 1260 g/mol. The summed E-state index contributed by atoms with van der Waals surface area (Å²) in [5.41, 5.74) is 0. The smallest absolute Gasteiger partial charge is 0.462 e. The van der Waals surface area contributed by atoms with E-state index in [1.54, 1.807) is 0 Å². The summed E-state index contributed by atoms with van der Waals surface area (Å²) < 4.78 is 34.8. The maximum Gasteiger partial charge on any atom is 0.472 e. The van der Waals surface area contributed by atoms with Crippen molar-refractivity contribution in [2.75, 3.05) is 47.5 Å². The van der Waals surface area contributed by atoms with Gasteiger partial charge in [0, 0.05) is 12.8 Å². The molecule has 0 aromatic carbocycles. The topological polar surface area (TPSA) is 108 Å². The Kier molecular flexibility index (Phi) is 67.3. The second-order valence-electron chi connectivity index (χ2n) is 27.0. The Hall–Kier alpha value is -2.29. The highest BCUT2D eigenvalue weighted by molar-refractivity contribution is 7.47. The molecule has 0 aliphatic rings. The van der Waals surface area contributed by atoms with Crippen molar-refractivity contribution in [2.24, 2.45) is 0 Å².